The van der Waals surface area contributed by atoms with Crippen LogP contribution in [0, 0.1) is 12.8 Å². The molecule has 19 heavy (non-hydrogen) atoms. The Kier molecular flexibility index (Phi) is 5.87. The number of hydrogen-bond acceptors (Lipinski definition) is 2. The molecule has 0 aliphatic heterocycles. The Labute approximate surface area is 116 Å². The van der Waals surface area contributed by atoms with Gasteiger partial charge in [0.15, 0.2) is 0 Å². The van der Waals surface area contributed by atoms with E-state index in [1.165, 1.54) is 0 Å². The third kappa shape index (κ3) is 3.98. The number of rotatable bonds is 6. The van der Waals surface area contributed by atoms with E-state index in [1.54, 1.807) is 6.07 Å². The van der Waals surface area contributed by atoms with Crippen LogP contribution in [0.5, 0.6) is 0 Å². The molecule has 0 heterocycles. The fourth-order valence-electron chi connectivity index (χ4n) is 2.25. The third-order valence-corrected chi connectivity index (χ3v) is 3.79. The Hall–Kier alpha value is -1.51. The lowest BCUT2D eigenvalue weighted by molar-refractivity contribution is 0.0734. The monoisotopic (exact) mass is 262 g/mol. The molecule has 0 unspecified atom stereocenters. The molecule has 0 aliphatic rings. The second kappa shape index (κ2) is 7.17. The molecule has 1 aromatic carbocycles. The summed E-state index contributed by atoms with van der Waals surface area (Å²) in [4.78, 5) is 14.5. The van der Waals surface area contributed by atoms with Gasteiger partial charge < -0.3 is 10.6 Å². The van der Waals surface area contributed by atoms with Gasteiger partial charge in [0.2, 0.25) is 0 Å². The maximum Gasteiger partial charge on any atom is 0.254 e. The number of nitrogen functional groups attached to an aromatic ring is 1. The summed E-state index contributed by atoms with van der Waals surface area (Å²) >= 11 is 0. The molecule has 3 heteroatoms. The molecule has 0 bridgehead atoms. The van der Waals surface area contributed by atoms with E-state index in [9.17, 15) is 4.79 Å². The van der Waals surface area contributed by atoms with Crippen LogP contribution in [0.3, 0.4) is 0 Å². The molecule has 0 aliphatic carbocycles. The molecule has 1 rings (SSSR count). The smallest absolute Gasteiger partial charge is 0.254 e. The Morgan fingerprint density at radius 1 is 1.26 bits per heavy atom. The zero-order valence-corrected chi connectivity index (χ0v) is 12.6. The van der Waals surface area contributed by atoms with E-state index >= 15 is 0 Å². The molecule has 2 N–H and O–H groups in total. The molecule has 0 fully saturated rings. The van der Waals surface area contributed by atoms with E-state index in [0.29, 0.717) is 11.6 Å². The number of benzene rings is 1. The summed E-state index contributed by atoms with van der Waals surface area (Å²) in [5.74, 6) is 0.671. The lowest BCUT2D eigenvalue weighted by Crippen LogP contribution is -2.35. The second-order valence-corrected chi connectivity index (χ2v) is 5.10. The van der Waals surface area contributed by atoms with E-state index in [1.807, 2.05) is 30.9 Å². The molecule has 0 aromatic heterocycles. The van der Waals surface area contributed by atoms with Crippen LogP contribution >= 0.6 is 0 Å². The average molecular weight is 262 g/mol. The van der Waals surface area contributed by atoms with Gasteiger partial charge >= 0.3 is 0 Å². The van der Waals surface area contributed by atoms with Crippen LogP contribution in [-0.2, 0) is 0 Å². The van der Waals surface area contributed by atoms with Crippen molar-refractivity contribution in [2.45, 2.75) is 40.5 Å². The fraction of sp³-hybridized carbons (Fsp3) is 0.562. The maximum atomic E-state index is 12.6. The largest absolute Gasteiger partial charge is 0.399 e. The number of aryl methyl sites for hydroxylation is 1. The van der Waals surface area contributed by atoms with Crippen molar-refractivity contribution in [3.63, 3.8) is 0 Å². The number of nitrogens with two attached hydrogens (primary N) is 1. The van der Waals surface area contributed by atoms with E-state index < -0.39 is 0 Å². The number of carbonyl (C=O) groups excluding carboxylic acids is 1. The molecule has 106 valence electrons. The highest BCUT2D eigenvalue weighted by Crippen LogP contribution is 2.17. The molecule has 1 aromatic rings. The SMILES string of the molecule is CCC(CC)CN(CC)C(=O)c1cc(N)ccc1C. The fourth-order valence-corrected chi connectivity index (χ4v) is 2.25. The van der Waals surface area contributed by atoms with E-state index in [4.69, 9.17) is 5.73 Å². The highest BCUT2D eigenvalue weighted by Gasteiger charge is 2.19. The number of amides is 1. The Morgan fingerprint density at radius 3 is 2.42 bits per heavy atom. The number of carbonyl (C=O) groups is 1. The van der Waals surface area contributed by atoms with Crippen molar-refractivity contribution >= 4 is 11.6 Å². The lowest BCUT2D eigenvalue weighted by Gasteiger charge is -2.26. The quantitative estimate of drug-likeness (QED) is 0.798. The predicted molar refractivity (Wildman–Crippen MR) is 81.2 cm³/mol. The first-order chi connectivity index (χ1) is 9.03. The highest BCUT2D eigenvalue weighted by atomic mass is 16.2. The molecule has 0 spiro atoms. The van der Waals surface area contributed by atoms with Crippen LogP contribution in [0.1, 0.15) is 49.5 Å². The zero-order chi connectivity index (χ0) is 14.4. The molecular formula is C16H26N2O. The lowest BCUT2D eigenvalue weighted by atomic mass is 10.0. The Balaban J connectivity index is 2.92. The maximum absolute atomic E-state index is 12.6. The summed E-state index contributed by atoms with van der Waals surface area (Å²) in [6, 6.07) is 5.53. The second-order valence-electron chi connectivity index (χ2n) is 5.10. The normalized spacial score (nSPS) is 10.8. The summed E-state index contributed by atoms with van der Waals surface area (Å²) in [6.07, 6.45) is 2.21. The van der Waals surface area contributed by atoms with Gasteiger partial charge in [-0.3, -0.25) is 4.79 Å². The molecule has 1 amide bonds. The van der Waals surface area contributed by atoms with Gasteiger partial charge in [-0.1, -0.05) is 32.8 Å². The van der Waals surface area contributed by atoms with Crippen molar-refractivity contribution in [1.82, 2.24) is 4.90 Å². The Bertz CT molecular complexity index is 425. The van der Waals surface area contributed by atoms with Gasteiger partial charge in [0.25, 0.3) is 5.91 Å². The molecule has 0 atom stereocenters. The first-order valence-electron chi connectivity index (χ1n) is 7.18. The van der Waals surface area contributed by atoms with Gasteiger partial charge in [-0.05, 0) is 37.5 Å². The molecular weight excluding hydrogens is 236 g/mol. The molecule has 0 radical (unpaired) electrons. The summed E-state index contributed by atoms with van der Waals surface area (Å²) in [7, 11) is 0. The standard InChI is InChI=1S/C16H26N2O/c1-5-13(6-2)11-18(7-3)16(19)15-10-14(17)9-8-12(15)4/h8-10,13H,5-7,11,17H2,1-4H3. The van der Waals surface area contributed by atoms with Crippen LogP contribution in [0.4, 0.5) is 5.69 Å². The van der Waals surface area contributed by atoms with Gasteiger partial charge in [-0.2, -0.15) is 0 Å². The van der Waals surface area contributed by atoms with E-state index in [2.05, 4.69) is 13.8 Å². The van der Waals surface area contributed by atoms with Crippen LogP contribution < -0.4 is 5.73 Å². The van der Waals surface area contributed by atoms with Crippen molar-refractivity contribution in [2.24, 2.45) is 5.92 Å². The minimum Gasteiger partial charge on any atom is -0.399 e. The third-order valence-electron chi connectivity index (χ3n) is 3.79. The topological polar surface area (TPSA) is 46.3 Å². The summed E-state index contributed by atoms with van der Waals surface area (Å²) in [5.41, 5.74) is 8.15. The molecule has 0 saturated heterocycles. The van der Waals surface area contributed by atoms with Crippen LogP contribution in [0.2, 0.25) is 0 Å². The first-order valence-corrected chi connectivity index (χ1v) is 7.18. The summed E-state index contributed by atoms with van der Waals surface area (Å²) < 4.78 is 0. The van der Waals surface area contributed by atoms with Gasteiger partial charge in [-0.15, -0.1) is 0 Å². The van der Waals surface area contributed by atoms with Crippen molar-refractivity contribution < 1.29 is 4.79 Å². The van der Waals surface area contributed by atoms with Gasteiger partial charge in [0.1, 0.15) is 0 Å². The van der Waals surface area contributed by atoms with Gasteiger partial charge in [0, 0.05) is 24.3 Å². The molecule has 3 nitrogen and oxygen atoms in total. The zero-order valence-electron chi connectivity index (χ0n) is 12.6. The van der Waals surface area contributed by atoms with Crippen LogP contribution in [0.25, 0.3) is 0 Å². The highest BCUT2D eigenvalue weighted by molar-refractivity contribution is 5.96. The number of nitrogens with zero attached hydrogens (tertiary/aromatic N) is 1. The van der Waals surface area contributed by atoms with Crippen molar-refractivity contribution in [1.29, 1.82) is 0 Å². The van der Waals surface area contributed by atoms with E-state index in [-0.39, 0.29) is 5.91 Å². The first kappa shape index (κ1) is 15.5. The van der Waals surface area contributed by atoms with Crippen molar-refractivity contribution in [2.75, 3.05) is 18.8 Å². The number of hydrogen-bond donors (Lipinski definition) is 1. The minimum atomic E-state index is 0.0965. The van der Waals surface area contributed by atoms with E-state index in [0.717, 1.165) is 37.1 Å². The van der Waals surface area contributed by atoms with Crippen LogP contribution in [-0.4, -0.2) is 23.9 Å². The molecule has 0 saturated carbocycles. The summed E-state index contributed by atoms with van der Waals surface area (Å²) in [5, 5.41) is 0. The predicted octanol–water partition coefficient (Wildman–Crippen LogP) is 3.48. The summed E-state index contributed by atoms with van der Waals surface area (Å²) in [6.45, 7) is 9.91. The van der Waals surface area contributed by atoms with Crippen molar-refractivity contribution in [3.05, 3.63) is 29.3 Å². The average Bonchev–Trinajstić information content (AvgIpc) is 2.42. The van der Waals surface area contributed by atoms with Gasteiger partial charge in [-0.25, -0.2) is 0 Å². The van der Waals surface area contributed by atoms with Gasteiger partial charge in [0.05, 0.1) is 0 Å². The Morgan fingerprint density at radius 2 is 1.89 bits per heavy atom. The van der Waals surface area contributed by atoms with Crippen LogP contribution in [0.15, 0.2) is 18.2 Å². The minimum absolute atomic E-state index is 0.0965. The number of anilines is 1. The van der Waals surface area contributed by atoms with Crippen molar-refractivity contribution in [3.8, 4) is 0 Å².